The van der Waals surface area contributed by atoms with E-state index in [0.717, 1.165) is 38.2 Å². The Balaban J connectivity index is 1.87. The molecule has 1 aromatic carbocycles. The number of carbonyl (C=O) groups is 1. The highest BCUT2D eigenvalue weighted by atomic mass is 16.3. The summed E-state index contributed by atoms with van der Waals surface area (Å²) in [7, 11) is 1.78. The molecule has 1 aliphatic heterocycles. The fraction of sp³-hybridized carbons (Fsp3) is 0.533. The quantitative estimate of drug-likeness (QED) is 0.848. The normalized spacial score (nSPS) is 16.6. The van der Waals surface area contributed by atoms with E-state index in [1.807, 2.05) is 12.1 Å². The van der Waals surface area contributed by atoms with Gasteiger partial charge in [-0.2, -0.15) is 0 Å². The Morgan fingerprint density at radius 3 is 2.95 bits per heavy atom. The number of carbonyl (C=O) groups excluding carboxylic acids is 1. The van der Waals surface area contributed by atoms with Crippen LogP contribution in [-0.4, -0.2) is 60.6 Å². The van der Waals surface area contributed by atoms with Crippen LogP contribution in [0.25, 0.3) is 0 Å². The number of hydrogen-bond acceptors (Lipinski definition) is 4. The highest BCUT2D eigenvalue weighted by molar-refractivity contribution is 5.78. The Bertz CT molecular complexity index is 442. The summed E-state index contributed by atoms with van der Waals surface area (Å²) in [6.07, 6.45) is 1.08. The van der Waals surface area contributed by atoms with E-state index in [0.29, 0.717) is 13.1 Å². The molecule has 5 heteroatoms. The largest absolute Gasteiger partial charge is 0.508 e. The van der Waals surface area contributed by atoms with Crippen molar-refractivity contribution in [3.63, 3.8) is 0 Å². The lowest BCUT2D eigenvalue weighted by Gasteiger charge is -2.23. The second-order valence-corrected chi connectivity index (χ2v) is 5.26. The summed E-state index contributed by atoms with van der Waals surface area (Å²) in [4.78, 5) is 16.1. The first kappa shape index (κ1) is 14.8. The minimum Gasteiger partial charge on any atom is -0.508 e. The summed E-state index contributed by atoms with van der Waals surface area (Å²) in [5.74, 6) is 0.335. The molecule has 1 aliphatic rings. The number of aromatic hydroxyl groups is 1. The van der Waals surface area contributed by atoms with Gasteiger partial charge in [0.2, 0.25) is 5.91 Å². The molecule has 0 atom stereocenters. The van der Waals surface area contributed by atoms with Crippen LogP contribution in [0.3, 0.4) is 0 Å². The molecule has 0 radical (unpaired) electrons. The number of rotatable bonds is 4. The Hall–Kier alpha value is -1.59. The van der Waals surface area contributed by atoms with Crippen molar-refractivity contribution in [2.75, 3.05) is 39.8 Å². The van der Waals surface area contributed by atoms with Gasteiger partial charge < -0.3 is 15.3 Å². The third kappa shape index (κ3) is 4.21. The highest BCUT2D eigenvalue weighted by Crippen LogP contribution is 2.17. The maximum Gasteiger partial charge on any atom is 0.236 e. The summed E-state index contributed by atoms with van der Waals surface area (Å²) in [5.41, 5.74) is 0.779. The molecule has 0 spiro atoms. The van der Waals surface area contributed by atoms with Gasteiger partial charge >= 0.3 is 0 Å². The van der Waals surface area contributed by atoms with Crippen molar-refractivity contribution in [3.05, 3.63) is 29.8 Å². The van der Waals surface area contributed by atoms with Crippen molar-refractivity contribution in [2.24, 2.45) is 0 Å². The minimum absolute atomic E-state index is 0.0927. The maximum absolute atomic E-state index is 12.2. The number of para-hydroxylation sites is 1. The number of benzene rings is 1. The number of likely N-dealkylation sites (N-methyl/N-ethyl adjacent to an activating group) is 1. The zero-order valence-corrected chi connectivity index (χ0v) is 12.0. The lowest BCUT2D eigenvalue weighted by molar-refractivity contribution is -0.131. The molecule has 2 N–H and O–H groups in total. The lowest BCUT2D eigenvalue weighted by atomic mass is 10.2. The van der Waals surface area contributed by atoms with Crippen molar-refractivity contribution in [3.8, 4) is 5.75 Å². The van der Waals surface area contributed by atoms with E-state index in [1.165, 1.54) is 0 Å². The van der Waals surface area contributed by atoms with E-state index >= 15 is 0 Å². The third-order valence-electron chi connectivity index (χ3n) is 3.62. The summed E-state index contributed by atoms with van der Waals surface area (Å²) >= 11 is 0. The van der Waals surface area contributed by atoms with Gasteiger partial charge in [0.1, 0.15) is 5.75 Å². The van der Waals surface area contributed by atoms with Gasteiger partial charge in [0.15, 0.2) is 0 Å². The third-order valence-corrected chi connectivity index (χ3v) is 3.62. The van der Waals surface area contributed by atoms with Gasteiger partial charge in [-0.3, -0.25) is 9.69 Å². The molecule has 0 unspecified atom stereocenters. The van der Waals surface area contributed by atoms with E-state index in [2.05, 4.69) is 10.2 Å². The predicted octanol–water partition coefficient (Wildman–Crippen LogP) is 0.646. The summed E-state index contributed by atoms with van der Waals surface area (Å²) in [5, 5.41) is 13.1. The van der Waals surface area contributed by atoms with Crippen LogP contribution in [0.5, 0.6) is 5.75 Å². The standard InChI is InChI=1S/C15H23N3O2/c1-17(11-13-5-2-3-6-14(13)19)15(20)12-18-9-4-7-16-8-10-18/h2-3,5-6,16,19H,4,7-12H2,1H3. The molecular weight excluding hydrogens is 254 g/mol. The molecule has 0 aliphatic carbocycles. The average Bonchev–Trinajstić information content (AvgIpc) is 2.70. The first-order valence-electron chi connectivity index (χ1n) is 7.11. The van der Waals surface area contributed by atoms with Crippen LogP contribution >= 0.6 is 0 Å². The SMILES string of the molecule is CN(Cc1ccccc1O)C(=O)CN1CCCNCC1. The van der Waals surface area contributed by atoms with Crippen LogP contribution < -0.4 is 5.32 Å². The molecule has 1 amide bonds. The fourth-order valence-corrected chi connectivity index (χ4v) is 2.36. The molecule has 1 saturated heterocycles. The molecule has 20 heavy (non-hydrogen) atoms. The summed E-state index contributed by atoms with van der Waals surface area (Å²) in [6, 6.07) is 7.14. The van der Waals surface area contributed by atoms with Crippen LogP contribution in [0.2, 0.25) is 0 Å². The van der Waals surface area contributed by atoms with Gasteiger partial charge in [-0.15, -0.1) is 0 Å². The molecule has 1 heterocycles. The number of phenols is 1. The Labute approximate surface area is 120 Å². The first-order chi connectivity index (χ1) is 9.66. The van der Waals surface area contributed by atoms with Crippen molar-refractivity contribution < 1.29 is 9.90 Å². The molecule has 2 rings (SSSR count). The smallest absolute Gasteiger partial charge is 0.236 e. The lowest BCUT2D eigenvalue weighted by Crippen LogP contribution is -2.39. The topological polar surface area (TPSA) is 55.8 Å². The molecule has 1 fully saturated rings. The van der Waals surface area contributed by atoms with Crippen LogP contribution in [0.4, 0.5) is 0 Å². The van der Waals surface area contributed by atoms with Crippen LogP contribution in [0.1, 0.15) is 12.0 Å². The van der Waals surface area contributed by atoms with E-state index < -0.39 is 0 Å². The molecule has 5 nitrogen and oxygen atoms in total. The van der Waals surface area contributed by atoms with Crippen LogP contribution in [0.15, 0.2) is 24.3 Å². The molecular formula is C15H23N3O2. The van der Waals surface area contributed by atoms with Gasteiger partial charge in [0.05, 0.1) is 6.54 Å². The van der Waals surface area contributed by atoms with Crippen LogP contribution in [-0.2, 0) is 11.3 Å². The van der Waals surface area contributed by atoms with Gasteiger partial charge in [0, 0.05) is 32.2 Å². The van der Waals surface area contributed by atoms with Crippen molar-refractivity contribution >= 4 is 5.91 Å². The maximum atomic E-state index is 12.2. The van der Waals surface area contributed by atoms with E-state index in [-0.39, 0.29) is 11.7 Å². The molecule has 0 aromatic heterocycles. The Morgan fingerprint density at radius 1 is 1.35 bits per heavy atom. The average molecular weight is 277 g/mol. The fourth-order valence-electron chi connectivity index (χ4n) is 2.36. The highest BCUT2D eigenvalue weighted by Gasteiger charge is 2.16. The van der Waals surface area contributed by atoms with Crippen molar-refractivity contribution in [1.29, 1.82) is 0 Å². The number of phenolic OH excluding ortho intramolecular Hbond substituents is 1. The Morgan fingerprint density at radius 2 is 2.15 bits per heavy atom. The number of hydrogen-bond donors (Lipinski definition) is 2. The molecule has 0 bridgehead atoms. The van der Waals surface area contributed by atoms with Gasteiger partial charge in [-0.05, 0) is 25.6 Å². The molecule has 1 aromatic rings. The summed E-state index contributed by atoms with van der Waals surface area (Å²) in [6.45, 7) is 4.73. The van der Waals surface area contributed by atoms with Gasteiger partial charge in [0.25, 0.3) is 0 Å². The minimum atomic E-state index is 0.0927. The van der Waals surface area contributed by atoms with E-state index in [1.54, 1.807) is 24.1 Å². The molecule has 0 saturated carbocycles. The van der Waals surface area contributed by atoms with Crippen LogP contribution in [0, 0.1) is 0 Å². The summed E-state index contributed by atoms with van der Waals surface area (Å²) < 4.78 is 0. The number of amides is 1. The second kappa shape index (κ2) is 7.26. The van der Waals surface area contributed by atoms with E-state index in [9.17, 15) is 9.90 Å². The monoisotopic (exact) mass is 277 g/mol. The van der Waals surface area contributed by atoms with E-state index in [4.69, 9.17) is 0 Å². The van der Waals surface area contributed by atoms with Crippen molar-refractivity contribution in [2.45, 2.75) is 13.0 Å². The van der Waals surface area contributed by atoms with Crippen molar-refractivity contribution in [1.82, 2.24) is 15.1 Å². The predicted molar refractivity (Wildman–Crippen MR) is 78.5 cm³/mol. The van der Waals surface area contributed by atoms with Gasteiger partial charge in [-0.25, -0.2) is 0 Å². The zero-order chi connectivity index (χ0) is 14.4. The Kier molecular flexibility index (Phi) is 5.38. The second-order valence-electron chi connectivity index (χ2n) is 5.26. The zero-order valence-electron chi connectivity index (χ0n) is 12.0. The number of nitrogens with one attached hydrogen (secondary N) is 1. The number of nitrogens with zero attached hydrogens (tertiary/aromatic N) is 2. The first-order valence-corrected chi connectivity index (χ1v) is 7.11. The molecule has 110 valence electrons. The van der Waals surface area contributed by atoms with Gasteiger partial charge in [-0.1, -0.05) is 18.2 Å².